The van der Waals surface area contributed by atoms with Gasteiger partial charge in [-0.3, -0.25) is 0 Å². The van der Waals surface area contributed by atoms with Gasteiger partial charge in [0, 0.05) is 18.8 Å². The van der Waals surface area contributed by atoms with E-state index in [-0.39, 0.29) is 5.54 Å². The first-order valence-electron chi connectivity index (χ1n) is 7.11. The Kier molecular flexibility index (Phi) is 7.09. The summed E-state index contributed by atoms with van der Waals surface area (Å²) in [7, 11) is 0. The first-order valence-corrected chi connectivity index (χ1v) is 7.11. The SMILES string of the molecule is CC(C)(C)NCCCNCCCOCC1CC1. The van der Waals surface area contributed by atoms with E-state index in [1.165, 1.54) is 19.3 Å². The molecular weight excluding hydrogens is 212 g/mol. The molecular formula is C14H30N2O. The summed E-state index contributed by atoms with van der Waals surface area (Å²) in [6.45, 7) is 11.8. The standard InChI is InChI=1S/C14H30N2O/c1-14(2,3)16-10-4-8-15-9-5-11-17-12-13-6-7-13/h13,15-16H,4-12H2,1-3H3. The Hall–Kier alpha value is -0.120. The molecule has 0 atom stereocenters. The van der Waals surface area contributed by atoms with Gasteiger partial charge in [-0.1, -0.05) is 0 Å². The molecule has 17 heavy (non-hydrogen) atoms. The molecule has 1 aliphatic carbocycles. The van der Waals surface area contributed by atoms with E-state index in [0.717, 1.165) is 45.2 Å². The van der Waals surface area contributed by atoms with Gasteiger partial charge in [-0.15, -0.1) is 0 Å². The maximum absolute atomic E-state index is 5.58. The monoisotopic (exact) mass is 242 g/mol. The van der Waals surface area contributed by atoms with Gasteiger partial charge in [-0.25, -0.2) is 0 Å². The van der Waals surface area contributed by atoms with E-state index in [2.05, 4.69) is 31.4 Å². The van der Waals surface area contributed by atoms with Crippen LogP contribution in [0.15, 0.2) is 0 Å². The Morgan fingerprint density at radius 3 is 2.41 bits per heavy atom. The molecule has 0 bridgehead atoms. The highest BCUT2D eigenvalue weighted by Crippen LogP contribution is 2.28. The van der Waals surface area contributed by atoms with E-state index in [1.54, 1.807) is 0 Å². The lowest BCUT2D eigenvalue weighted by Gasteiger charge is -2.20. The zero-order valence-corrected chi connectivity index (χ0v) is 11.8. The van der Waals surface area contributed by atoms with Crippen LogP contribution in [0.3, 0.4) is 0 Å². The van der Waals surface area contributed by atoms with Crippen molar-refractivity contribution in [1.29, 1.82) is 0 Å². The number of rotatable bonds is 10. The molecule has 1 fully saturated rings. The van der Waals surface area contributed by atoms with Crippen LogP contribution in [0.4, 0.5) is 0 Å². The minimum atomic E-state index is 0.247. The van der Waals surface area contributed by atoms with Crippen LogP contribution in [0.2, 0.25) is 0 Å². The van der Waals surface area contributed by atoms with Crippen molar-refractivity contribution in [3.05, 3.63) is 0 Å². The Balaban J connectivity index is 1.69. The van der Waals surface area contributed by atoms with E-state index in [0.29, 0.717) is 0 Å². The second-order valence-electron chi connectivity index (χ2n) is 6.15. The normalized spacial score (nSPS) is 16.4. The van der Waals surface area contributed by atoms with Crippen LogP contribution in [0.25, 0.3) is 0 Å². The highest BCUT2D eigenvalue weighted by molar-refractivity contribution is 4.72. The van der Waals surface area contributed by atoms with E-state index in [4.69, 9.17) is 4.74 Å². The first kappa shape index (κ1) is 14.9. The fourth-order valence-corrected chi connectivity index (χ4v) is 1.64. The molecule has 0 aromatic carbocycles. The maximum Gasteiger partial charge on any atom is 0.0494 e. The summed E-state index contributed by atoms with van der Waals surface area (Å²) in [6, 6.07) is 0. The quantitative estimate of drug-likeness (QED) is 0.576. The Labute approximate surface area is 107 Å². The minimum Gasteiger partial charge on any atom is -0.381 e. The van der Waals surface area contributed by atoms with Crippen molar-refractivity contribution in [1.82, 2.24) is 10.6 Å². The van der Waals surface area contributed by atoms with Crippen molar-refractivity contribution in [2.45, 2.75) is 52.0 Å². The molecule has 1 aliphatic rings. The second-order valence-corrected chi connectivity index (χ2v) is 6.15. The van der Waals surface area contributed by atoms with Gasteiger partial charge in [0.15, 0.2) is 0 Å². The van der Waals surface area contributed by atoms with Crippen LogP contribution in [-0.2, 0) is 4.74 Å². The van der Waals surface area contributed by atoms with Crippen LogP contribution < -0.4 is 10.6 Å². The van der Waals surface area contributed by atoms with Crippen LogP contribution >= 0.6 is 0 Å². The van der Waals surface area contributed by atoms with Crippen molar-refractivity contribution in [2.75, 3.05) is 32.8 Å². The van der Waals surface area contributed by atoms with Crippen molar-refractivity contribution in [2.24, 2.45) is 5.92 Å². The maximum atomic E-state index is 5.58. The lowest BCUT2D eigenvalue weighted by molar-refractivity contribution is 0.122. The molecule has 3 nitrogen and oxygen atoms in total. The first-order chi connectivity index (χ1) is 8.08. The lowest BCUT2D eigenvalue weighted by atomic mass is 10.1. The Morgan fingerprint density at radius 1 is 1.06 bits per heavy atom. The molecule has 0 aromatic rings. The van der Waals surface area contributed by atoms with Gasteiger partial charge in [0.2, 0.25) is 0 Å². The third-order valence-corrected chi connectivity index (χ3v) is 2.88. The summed E-state index contributed by atoms with van der Waals surface area (Å²) in [4.78, 5) is 0. The molecule has 2 N–H and O–H groups in total. The van der Waals surface area contributed by atoms with Gasteiger partial charge in [0.1, 0.15) is 0 Å². The zero-order chi connectivity index (χ0) is 12.6. The van der Waals surface area contributed by atoms with Crippen molar-refractivity contribution >= 4 is 0 Å². The summed E-state index contributed by atoms with van der Waals surface area (Å²) in [5.41, 5.74) is 0.247. The molecule has 0 aliphatic heterocycles. The Bertz CT molecular complexity index is 185. The summed E-state index contributed by atoms with van der Waals surface area (Å²) >= 11 is 0. The molecule has 1 rings (SSSR count). The zero-order valence-electron chi connectivity index (χ0n) is 11.8. The van der Waals surface area contributed by atoms with Gasteiger partial charge in [0.05, 0.1) is 0 Å². The van der Waals surface area contributed by atoms with E-state index in [1.807, 2.05) is 0 Å². The third kappa shape index (κ3) is 10.7. The molecule has 102 valence electrons. The fourth-order valence-electron chi connectivity index (χ4n) is 1.64. The smallest absolute Gasteiger partial charge is 0.0494 e. The number of hydrogen-bond donors (Lipinski definition) is 2. The second kappa shape index (κ2) is 8.06. The van der Waals surface area contributed by atoms with Crippen molar-refractivity contribution in [3.8, 4) is 0 Å². The minimum absolute atomic E-state index is 0.247. The van der Waals surface area contributed by atoms with Gasteiger partial charge in [-0.2, -0.15) is 0 Å². The molecule has 0 heterocycles. The van der Waals surface area contributed by atoms with Gasteiger partial charge in [-0.05, 0) is 72.0 Å². The van der Waals surface area contributed by atoms with E-state index in [9.17, 15) is 0 Å². The highest BCUT2D eigenvalue weighted by Gasteiger charge is 2.20. The average Bonchev–Trinajstić information content (AvgIpc) is 3.03. The molecule has 0 radical (unpaired) electrons. The van der Waals surface area contributed by atoms with Crippen molar-refractivity contribution < 1.29 is 4.74 Å². The summed E-state index contributed by atoms with van der Waals surface area (Å²) < 4.78 is 5.58. The molecule has 0 saturated heterocycles. The number of hydrogen-bond acceptors (Lipinski definition) is 3. The average molecular weight is 242 g/mol. The third-order valence-electron chi connectivity index (χ3n) is 2.88. The van der Waals surface area contributed by atoms with Gasteiger partial charge >= 0.3 is 0 Å². The van der Waals surface area contributed by atoms with Gasteiger partial charge in [0.25, 0.3) is 0 Å². The summed E-state index contributed by atoms with van der Waals surface area (Å²) in [5.74, 6) is 0.895. The molecule has 3 heteroatoms. The largest absolute Gasteiger partial charge is 0.381 e. The molecule has 0 amide bonds. The summed E-state index contributed by atoms with van der Waals surface area (Å²) in [5, 5.41) is 6.94. The molecule has 0 aromatic heterocycles. The molecule has 0 spiro atoms. The van der Waals surface area contributed by atoms with Crippen LogP contribution in [0, 0.1) is 5.92 Å². The van der Waals surface area contributed by atoms with Crippen LogP contribution in [0.1, 0.15) is 46.5 Å². The predicted molar refractivity (Wildman–Crippen MR) is 73.4 cm³/mol. The lowest BCUT2D eigenvalue weighted by Crippen LogP contribution is -2.37. The van der Waals surface area contributed by atoms with Crippen LogP contribution in [-0.4, -0.2) is 38.4 Å². The van der Waals surface area contributed by atoms with Gasteiger partial charge < -0.3 is 15.4 Å². The topological polar surface area (TPSA) is 33.3 Å². The van der Waals surface area contributed by atoms with E-state index < -0.39 is 0 Å². The summed E-state index contributed by atoms with van der Waals surface area (Å²) in [6.07, 6.45) is 5.11. The van der Waals surface area contributed by atoms with Crippen LogP contribution in [0.5, 0.6) is 0 Å². The number of ether oxygens (including phenoxy) is 1. The fraction of sp³-hybridized carbons (Fsp3) is 1.00. The highest BCUT2D eigenvalue weighted by atomic mass is 16.5. The number of nitrogens with one attached hydrogen (secondary N) is 2. The van der Waals surface area contributed by atoms with Crippen molar-refractivity contribution in [3.63, 3.8) is 0 Å². The molecule has 0 unspecified atom stereocenters. The predicted octanol–water partition coefficient (Wildman–Crippen LogP) is 2.17. The van der Waals surface area contributed by atoms with E-state index >= 15 is 0 Å². The Morgan fingerprint density at radius 2 is 1.76 bits per heavy atom. The molecule has 1 saturated carbocycles.